The smallest absolute Gasteiger partial charge is 0.0226 e. The molecule has 1 heterocycles. The monoisotopic (exact) mass is 204 g/mol. The van der Waals surface area contributed by atoms with Crippen molar-refractivity contribution in [2.45, 2.75) is 39.3 Å². The first kappa shape index (κ1) is 10.5. The molecule has 82 valence electrons. The van der Waals surface area contributed by atoms with Crippen molar-refractivity contribution in [3.8, 4) is 0 Å². The Hall–Kier alpha value is -1.02. The van der Waals surface area contributed by atoms with Crippen LogP contribution in [0.5, 0.6) is 0 Å². The predicted molar refractivity (Wildman–Crippen MR) is 63.9 cm³/mol. The van der Waals surface area contributed by atoms with Crippen molar-refractivity contribution in [2.75, 3.05) is 0 Å². The van der Waals surface area contributed by atoms with Crippen LogP contribution in [0.2, 0.25) is 0 Å². The van der Waals surface area contributed by atoms with Gasteiger partial charge in [-0.25, -0.2) is 0 Å². The van der Waals surface area contributed by atoms with Crippen LogP contribution in [-0.2, 0) is 13.6 Å². The van der Waals surface area contributed by atoms with Gasteiger partial charge in [0.05, 0.1) is 0 Å². The molecule has 1 aliphatic rings. The summed E-state index contributed by atoms with van der Waals surface area (Å²) in [4.78, 5) is 0. The maximum absolute atomic E-state index is 3.60. The van der Waals surface area contributed by atoms with Crippen LogP contribution in [0, 0.1) is 13.8 Å². The molecule has 1 aromatic rings. The summed E-state index contributed by atoms with van der Waals surface area (Å²) in [5, 5.41) is 3.60. The molecule has 0 radical (unpaired) electrons. The van der Waals surface area contributed by atoms with Gasteiger partial charge in [0.25, 0.3) is 0 Å². The fourth-order valence-electron chi connectivity index (χ4n) is 2.15. The Morgan fingerprint density at radius 3 is 2.53 bits per heavy atom. The third-order valence-electron chi connectivity index (χ3n) is 3.47. The van der Waals surface area contributed by atoms with Gasteiger partial charge in [0.1, 0.15) is 0 Å². The second-order valence-corrected chi connectivity index (χ2v) is 4.48. The van der Waals surface area contributed by atoms with Gasteiger partial charge in [-0.2, -0.15) is 0 Å². The van der Waals surface area contributed by atoms with Crippen LogP contribution in [0.15, 0.2) is 18.2 Å². The van der Waals surface area contributed by atoms with Gasteiger partial charge in [0.2, 0.25) is 0 Å². The molecule has 0 saturated carbocycles. The van der Waals surface area contributed by atoms with E-state index in [4.69, 9.17) is 0 Å². The Kier molecular flexibility index (Phi) is 2.96. The number of nitrogens with zero attached hydrogens (tertiary/aromatic N) is 1. The molecular weight excluding hydrogens is 184 g/mol. The van der Waals surface area contributed by atoms with Gasteiger partial charge in [-0.15, -0.1) is 0 Å². The first-order valence-electron chi connectivity index (χ1n) is 5.68. The number of aryl methyl sites for hydroxylation is 1. The molecule has 1 aromatic heterocycles. The molecule has 1 aliphatic carbocycles. The highest BCUT2D eigenvalue weighted by atomic mass is 15.0. The first-order valence-corrected chi connectivity index (χ1v) is 5.68. The highest BCUT2D eigenvalue weighted by Crippen LogP contribution is 2.15. The number of aromatic nitrogens is 1. The standard InChI is InChI=1S/C13H20N2/c1-10-8-12(11(2)15(10)3)9-14-13-6-4-5-7-13/h4-5,8,13-14H,6-7,9H2,1-3H3. The lowest BCUT2D eigenvalue weighted by Crippen LogP contribution is -2.25. The molecule has 0 unspecified atom stereocenters. The molecule has 0 amide bonds. The number of hydrogen-bond donors (Lipinski definition) is 1. The molecule has 2 rings (SSSR count). The topological polar surface area (TPSA) is 17.0 Å². The van der Waals surface area contributed by atoms with E-state index in [1.165, 1.54) is 29.8 Å². The van der Waals surface area contributed by atoms with Gasteiger partial charge >= 0.3 is 0 Å². The van der Waals surface area contributed by atoms with Crippen molar-refractivity contribution in [3.63, 3.8) is 0 Å². The van der Waals surface area contributed by atoms with Crippen molar-refractivity contribution in [1.29, 1.82) is 0 Å². The maximum atomic E-state index is 3.60. The van der Waals surface area contributed by atoms with E-state index in [0.29, 0.717) is 6.04 Å². The quantitative estimate of drug-likeness (QED) is 0.748. The van der Waals surface area contributed by atoms with Gasteiger partial charge < -0.3 is 9.88 Å². The van der Waals surface area contributed by atoms with E-state index in [1.807, 2.05) is 0 Å². The maximum Gasteiger partial charge on any atom is 0.0226 e. The first-order chi connectivity index (χ1) is 7.18. The summed E-state index contributed by atoms with van der Waals surface area (Å²) in [6, 6.07) is 2.94. The van der Waals surface area contributed by atoms with Gasteiger partial charge in [-0.1, -0.05) is 12.2 Å². The Morgan fingerprint density at radius 2 is 2.00 bits per heavy atom. The van der Waals surface area contributed by atoms with Crippen LogP contribution in [0.1, 0.15) is 29.8 Å². The van der Waals surface area contributed by atoms with E-state index in [9.17, 15) is 0 Å². The summed E-state index contributed by atoms with van der Waals surface area (Å²) in [5.74, 6) is 0. The average Bonchev–Trinajstić information content (AvgIpc) is 2.80. The summed E-state index contributed by atoms with van der Waals surface area (Å²) in [6.45, 7) is 5.35. The van der Waals surface area contributed by atoms with Crippen LogP contribution in [0.4, 0.5) is 0 Å². The molecule has 0 aliphatic heterocycles. The Balaban J connectivity index is 1.95. The normalized spacial score (nSPS) is 16.5. The Labute approximate surface area is 92.0 Å². The van der Waals surface area contributed by atoms with Gasteiger partial charge in [-0.05, 0) is 38.3 Å². The van der Waals surface area contributed by atoms with Crippen molar-refractivity contribution in [2.24, 2.45) is 7.05 Å². The summed E-state index contributed by atoms with van der Waals surface area (Å²) in [6.07, 6.45) is 6.90. The molecule has 2 nitrogen and oxygen atoms in total. The third kappa shape index (κ3) is 2.15. The lowest BCUT2D eigenvalue weighted by molar-refractivity contribution is 0.537. The molecule has 0 atom stereocenters. The van der Waals surface area contributed by atoms with Crippen LogP contribution < -0.4 is 5.32 Å². The lowest BCUT2D eigenvalue weighted by atomic mass is 10.2. The SMILES string of the molecule is Cc1cc(CNC2CC=CC2)c(C)n1C. The van der Waals surface area contributed by atoms with Gasteiger partial charge in [0.15, 0.2) is 0 Å². The summed E-state index contributed by atoms with van der Waals surface area (Å²) in [5.41, 5.74) is 4.15. The average molecular weight is 204 g/mol. The second-order valence-electron chi connectivity index (χ2n) is 4.48. The fourth-order valence-corrected chi connectivity index (χ4v) is 2.15. The zero-order valence-electron chi connectivity index (χ0n) is 9.88. The van der Waals surface area contributed by atoms with E-state index >= 15 is 0 Å². The van der Waals surface area contributed by atoms with Crippen LogP contribution in [-0.4, -0.2) is 10.6 Å². The second kappa shape index (κ2) is 4.23. The summed E-state index contributed by atoms with van der Waals surface area (Å²) < 4.78 is 2.25. The molecule has 15 heavy (non-hydrogen) atoms. The minimum atomic E-state index is 0.657. The van der Waals surface area contributed by atoms with Crippen LogP contribution >= 0.6 is 0 Å². The minimum Gasteiger partial charge on any atom is -0.352 e. The van der Waals surface area contributed by atoms with E-state index in [-0.39, 0.29) is 0 Å². The number of nitrogens with one attached hydrogen (secondary N) is 1. The zero-order valence-corrected chi connectivity index (χ0v) is 9.88. The summed E-state index contributed by atoms with van der Waals surface area (Å²) >= 11 is 0. The minimum absolute atomic E-state index is 0.657. The van der Waals surface area contributed by atoms with Gasteiger partial charge in [-0.3, -0.25) is 0 Å². The van der Waals surface area contributed by atoms with Crippen molar-refractivity contribution in [1.82, 2.24) is 9.88 Å². The highest BCUT2D eigenvalue weighted by Gasteiger charge is 2.11. The largest absolute Gasteiger partial charge is 0.352 e. The highest BCUT2D eigenvalue weighted by molar-refractivity contribution is 5.26. The van der Waals surface area contributed by atoms with Crippen molar-refractivity contribution < 1.29 is 0 Å². The zero-order chi connectivity index (χ0) is 10.8. The van der Waals surface area contributed by atoms with E-state index in [2.05, 4.69) is 49.0 Å². The van der Waals surface area contributed by atoms with E-state index in [1.54, 1.807) is 0 Å². The Morgan fingerprint density at radius 1 is 1.33 bits per heavy atom. The lowest BCUT2D eigenvalue weighted by Gasteiger charge is -2.11. The van der Waals surface area contributed by atoms with E-state index in [0.717, 1.165) is 6.54 Å². The molecule has 0 spiro atoms. The molecule has 2 heteroatoms. The number of rotatable bonds is 3. The molecular formula is C13H20N2. The molecule has 0 fully saturated rings. The van der Waals surface area contributed by atoms with Crippen molar-refractivity contribution in [3.05, 3.63) is 35.2 Å². The predicted octanol–water partition coefficient (Wildman–Crippen LogP) is 2.45. The van der Waals surface area contributed by atoms with Crippen molar-refractivity contribution >= 4 is 0 Å². The molecule has 1 N–H and O–H groups in total. The van der Waals surface area contributed by atoms with E-state index < -0.39 is 0 Å². The van der Waals surface area contributed by atoms with Crippen LogP contribution in [0.25, 0.3) is 0 Å². The Bertz CT molecular complexity index is 366. The van der Waals surface area contributed by atoms with Gasteiger partial charge in [0, 0.05) is 31.0 Å². The molecule has 0 bridgehead atoms. The summed E-state index contributed by atoms with van der Waals surface area (Å²) in [7, 11) is 2.13. The van der Waals surface area contributed by atoms with Crippen LogP contribution in [0.3, 0.4) is 0 Å². The molecule has 0 saturated heterocycles. The molecule has 0 aromatic carbocycles. The number of hydrogen-bond acceptors (Lipinski definition) is 1. The third-order valence-corrected chi connectivity index (χ3v) is 3.47. The fraction of sp³-hybridized carbons (Fsp3) is 0.538.